The van der Waals surface area contributed by atoms with Crippen molar-refractivity contribution in [1.29, 1.82) is 0 Å². The van der Waals surface area contributed by atoms with Crippen LogP contribution in [0.15, 0.2) is 16.9 Å². The number of carbonyl (C=O) groups is 1. The predicted octanol–water partition coefficient (Wildman–Crippen LogP) is 1.47. The second-order valence-corrected chi connectivity index (χ2v) is 1.86. The quantitative estimate of drug-likeness (QED) is 0.594. The smallest absolute Gasteiger partial charge is 0.188 e. The molecule has 3 heteroatoms. The number of ketones is 1. The van der Waals surface area contributed by atoms with Gasteiger partial charge >= 0.3 is 0 Å². The molecule has 0 unspecified atom stereocenters. The average molecular weight is 138 g/mol. The van der Waals surface area contributed by atoms with Gasteiger partial charge in [0.15, 0.2) is 5.78 Å². The summed E-state index contributed by atoms with van der Waals surface area (Å²) in [4.78, 5) is 10.9. The summed E-state index contributed by atoms with van der Waals surface area (Å²) >= 11 is 0. The van der Waals surface area contributed by atoms with Gasteiger partial charge < -0.3 is 4.52 Å². The highest BCUT2D eigenvalue weighted by Gasteiger charge is 2.06. The molecule has 1 heterocycles. The lowest BCUT2D eigenvalue weighted by atomic mass is 10.2. The maximum atomic E-state index is 10.9. The molecule has 0 amide bonds. The Labute approximate surface area is 59.0 Å². The molecule has 1 aromatic heterocycles. The SMILES string of the molecule is CC[CH]C(=O)c1ccon1. The van der Waals surface area contributed by atoms with Gasteiger partial charge in [-0.15, -0.1) is 0 Å². The monoisotopic (exact) mass is 138 g/mol. The van der Waals surface area contributed by atoms with E-state index in [1.807, 2.05) is 6.92 Å². The molecule has 0 aromatic carbocycles. The summed E-state index contributed by atoms with van der Waals surface area (Å²) in [6.07, 6.45) is 3.68. The van der Waals surface area contributed by atoms with Crippen molar-refractivity contribution < 1.29 is 9.32 Å². The number of Topliss-reactive ketones (excluding diaryl/α,β-unsaturated/α-hetero) is 1. The third kappa shape index (κ3) is 1.43. The molecule has 0 N–H and O–H groups in total. The highest BCUT2D eigenvalue weighted by atomic mass is 16.5. The molecule has 0 fully saturated rings. The minimum Gasteiger partial charge on any atom is -0.364 e. The Hall–Kier alpha value is -1.12. The molecule has 1 rings (SSSR count). The highest BCUT2D eigenvalue weighted by molar-refractivity contribution is 6.00. The molecule has 0 spiro atoms. The molecule has 0 aliphatic carbocycles. The molecule has 53 valence electrons. The van der Waals surface area contributed by atoms with Gasteiger partial charge in [-0.3, -0.25) is 4.79 Å². The van der Waals surface area contributed by atoms with Gasteiger partial charge in [-0.2, -0.15) is 0 Å². The number of nitrogens with zero attached hydrogens (tertiary/aromatic N) is 1. The molecule has 1 radical (unpaired) electrons. The van der Waals surface area contributed by atoms with Gasteiger partial charge in [0.2, 0.25) is 0 Å². The number of hydrogen-bond acceptors (Lipinski definition) is 3. The van der Waals surface area contributed by atoms with Gasteiger partial charge in [-0.05, 0) is 6.42 Å². The van der Waals surface area contributed by atoms with Crippen LogP contribution in [-0.2, 0) is 0 Å². The second-order valence-electron chi connectivity index (χ2n) is 1.86. The van der Waals surface area contributed by atoms with E-state index in [1.54, 1.807) is 12.5 Å². The maximum absolute atomic E-state index is 10.9. The summed E-state index contributed by atoms with van der Waals surface area (Å²) in [6.45, 7) is 1.90. The minimum atomic E-state index is -0.0729. The van der Waals surface area contributed by atoms with Crippen LogP contribution in [0.1, 0.15) is 23.8 Å². The van der Waals surface area contributed by atoms with Crippen molar-refractivity contribution in [3.63, 3.8) is 0 Å². The van der Waals surface area contributed by atoms with Crippen molar-refractivity contribution in [1.82, 2.24) is 5.16 Å². The molecule has 0 aliphatic rings. The van der Waals surface area contributed by atoms with Crippen molar-refractivity contribution in [2.45, 2.75) is 13.3 Å². The van der Waals surface area contributed by atoms with Gasteiger partial charge in [0, 0.05) is 12.5 Å². The molecule has 0 saturated heterocycles. The first kappa shape index (κ1) is 6.99. The van der Waals surface area contributed by atoms with Crippen LogP contribution in [0.25, 0.3) is 0 Å². The normalized spacial score (nSPS) is 9.70. The summed E-state index contributed by atoms with van der Waals surface area (Å²) in [5, 5.41) is 3.48. The summed E-state index contributed by atoms with van der Waals surface area (Å²) in [6, 6.07) is 1.55. The number of carbonyl (C=O) groups excluding carboxylic acids is 1. The van der Waals surface area contributed by atoms with Gasteiger partial charge in [0.25, 0.3) is 0 Å². The van der Waals surface area contributed by atoms with E-state index >= 15 is 0 Å². The third-order valence-electron chi connectivity index (χ3n) is 1.08. The van der Waals surface area contributed by atoms with E-state index in [0.717, 1.165) is 6.42 Å². The summed E-state index contributed by atoms with van der Waals surface area (Å²) in [5.74, 6) is -0.0729. The number of aromatic nitrogens is 1. The molecule has 10 heavy (non-hydrogen) atoms. The van der Waals surface area contributed by atoms with Crippen LogP contribution >= 0.6 is 0 Å². The Morgan fingerprint density at radius 3 is 3.20 bits per heavy atom. The van der Waals surface area contributed by atoms with Crippen LogP contribution in [0.2, 0.25) is 0 Å². The van der Waals surface area contributed by atoms with Gasteiger partial charge in [0.05, 0.1) is 0 Å². The lowest BCUT2D eigenvalue weighted by Gasteiger charge is -1.87. The zero-order valence-corrected chi connectivity index (χ0v) is 5.70. The summed E-state index contributed by atoms with van der Waals surface area (Å²) in [5.41, 5.74) is 0.377. The molecule has 1 aromatic rings. The van der Waals surface area contributed by atoms with Gasteiger partial charge in [0.1, 0.15) is 12.0 Å². The number of rotatable bonds is 3. The van der Waals surface area contributed by atoms with Crippen LogP contribution in [0, 0.1) is 6.42 Å². The summed E-state index contributed by atoms with van der Waals surface area (Å²) in [7, 11) is 0. The fraction of sp³-hybridized carbons (Fsp3) is 0.286. The van der Waals surface area contributed by atoms with Crippen LogP contribution in [0.3, 0.4) is 0 Å². The minimum absolute atomic E-state index is 0.0729. The molecular weight excluding hydrogens is 130 g/mol. The Balaban J connectivity index is 2.59. The van der Waals surface area contributed by atoms with E-state index in [9.17, 15) is 4.79 Å². The topological polar surface area (TPSA) is 43.1 Å². The Morgan fingerprint density at radius 2 is 2.70 bits per heavy atom. The van der Waals surface area contributed by atoms with E-state index < -0.39 is 0 Å². The fourth-order valence-corrected chi connectivity index (χ4v) is 0.630. The molecule has 0 aliphatic heterocycles. The zero-order valence-electron chi connectivity index (χ0n) is 5.70. The van der Waals surface area contributed by atoms with Crippen LogP contribution in [0.5, 0.6) is 0 Å². The maximum Gasteiger partial charge on any atom is 0.188 e. The first-order chi connectivity index (χ1) is 4.84. The van der Waals surface area contributed by atoms with Crippen LogP contribution < -0.4 is 0 Å². The third-order valence-corrected chi connectivity index (χ3v) is 1.08. The van der Waals surface area contributed by atoms with Crippen molar-refractivity contribution in [3.8, 4) is 0 Å². The largest absolute Gasteiger partial charge is 0.364 e. The zero-order chi connectivity index (χ0) is 7.40. The Bertz CT molecular complexity index is 203. The standard InChI is InChI=1S/C7H8NO2/c1-2-3-7(9)6-4-5-10-8-6/h3-5H,2H2,1H3. The van der Waals surface area contributed by atoms with Crippen LogP contribution in [-0.4, -0.2) is 10.9 Å². The van der Waals surface area contributed by atoms with E-state index in [-0.39, 0.29) is 5.78 Å². The van der Waals surface area contributed by atoms with E-state index in [0.29, 0.717) is 5.69 Å². The first-order valence-corrected chi connectivity index (χ1v) is 3.12. The Kier molecular flexibility index (Phi) is 2.20. The molecule has 0 bridgehead atoms. The Morgan fingerprint density at radius 1 is 1.90 bits per heavy atom. The predicted molar refractivity (Wildman–Crippen MR) is 35.4 cm³/mol. The lowest BCUT2D eigenvalue weighted by Crippen LogP contribution is -1.98. The second kappa shape index (κ2) is 3.15. The fourth-order valence-electron chi connectivity index (χ4n) is 0.630. The van der Waals surface area contributed by atoms with Crippen molar-refractivity contribution in [3.05, 3.63) is 24.4 Å². The van der Waals surface area contributed by atoms with Crippen molar-refractivity contribution in [2.75, 3.05) is 0 Å². The lowest BCUT2D eigenvalue weighted by molar-refractivity contribution is 0.101. The van der Waals surface area contributed by atoms with Crippen molar-refractivity contribution in [2.24, 2.45) is 0 Å². The van der Waals surface area contributed by atoms with E-state index in [1.165, 1.54) is 6.26 Å². The van der Waals surface area contributed by atoms with Crippen LogP contribution in [0.4, 0.5) is 0 Å². The molecule has 0 atom stereocenters. The number of hydrogen-bond donors (Lipinski definition) is 0. The van der Waals surface area contributed by atoms with Gasteiger partial charge in [-0.1, -0.05) is 12.1 Å². The first-order valence-electron chi connectivity index (χ1n) is 3.12. The molecule has 0 saturated carbocycles. The molecular formula is C7H8NO2. The van der Waals surface area contributed by atoms with E-state index in [2.05, 4.69) is 9.68 Å². The van der Waals surface area contributed by atoms with Gasteiger partial charge in [-0.25, -0.2) is 0 Å². The molecule has 3 nitrogen and oxygen atoms in total. The average Bonchev–Trinajstić information content (AvgIpc) is 2.38. The summed E-state index contributed by atoms with van der Waals surface area (Å²) < 4.78 is 4.49. The van der Waals surface area contributed by atoms with E-state index in [4.69, 9.17) is 0 Å². The highest BCUT2D eigenvalue weighted by Crippen LogP contribution is 1.99. The van der Waals surface area contributed by atoms with Crippen molar-refractivity contribution >= 4 is 5.78 Å².